The summed E-state index contributed by atoms with van der Waals surface area (Å²) in [5.41, 5.74) is 8.18. The summed E-state index contributed by atoms with van der Waals surface area (Å²) >= 11 is 0. The highest BCUT2D eigenvalue weighted by Gasteiger charge is 2.23. The third kappa shape index (κ3) is 6.31. The van der Waals surface area contributed by atoms with Crippen LogP contribution in [0.2, 0.25) is 0 Å². The number of nitrogens with one attached hydrogen (secondary N) is 2. The van der Waals surface area contributed by atoms with E-state index in [1.54, 1.807) is 31.2 Å². The zero-order valence-electron chi connectivity index (χ0n) is 20.1. The van der Waals surface area contributed by atoms with Crippen molar-refractivity contribution in [1.29, 1.82) is 0 Å². The highest BCUT2D eigenvalue weighted by atomic mass is 16.2. The van der Waals surface area contributed by atoms with Crippen molar-refractivity contribution in [2.75, 3.05) is 30.4 Å². The molecule has 184 valence electrons. The van der Waals surface area contributed by atoms with Crippen LogP contribution in [0.15, 0.2) is 36.7 Å². The van der Waals surface area contributed by atoms with Crippen LogP contribution in [0, 0.1) is 0 Å². The van der Waals surface area contributed by atoms with Gasteiger partial charge < -0.3 is 21.3 Å². The summed E-state index contributed by atoms with van der Waals surface area (Å²) in [6.45, 7) is 1.79. The number of rotatable bonds is 6. The summed E-state index contributed by atoms with van der Waals surface area (Å²) in [5, 5.41) is 17.7. The van der Waals surface area contributed by atoms with Crippen molar-refractivity contribution in [2.45, 2.75) is 38.0 Å². The minimum absolute atomic E-state index is 0.0117. The molecule has 0 bridgehead atoms. The highest BCUT2D eigenvalue weighted by Crippen LogP contribution is 2.39. The van der Waals surface area contributed by atoms with Crippen LogP contribution < -0.4 is 21.3 Å². The fourth-order valence-electron chi connectivity index (χ4n) is 3.89. The Morgan fingerprint density at radius 1 is 1.06 bits per heavy atom. The van der Waals surface area contributed by atoms with Crippen molar-refractivity contribution >= 4 is 29.3 Å². The van der Waals surface area contributed by atoms with Gasteiger partial charge in [-0.05, 0) is 55.7 Å². The van der Waals surface area contributed by atoms with E-state index in [0.717, 1.165) is 37.4 Å². The number of anilines is 3. The molecule has 0 spiro atoms. The van der Waals surface area contributed by atoms with Gasteiger partial charge in [0.2, 0.25) is 5.95 Å². The lowest BCUT2D eigenvalue weighted by molar-refractivity contribution is 0.0961. The fraction of sp³-hybridized carbons (Fsp3) is 0.417. The third-order valence-corrected chi connectivity index (χ3v) is 5.96. The van der Waals surface area contributed by atoms with Crippen molar-refractivity contribution in [3.63, 3.8) is 0 Å². The van der Waals surface area contributed by atoms with Gasteiger partial charge in [0.15, 0.2) is 11.5 Å². The van der Waals surface area contributed by atoms with Crippen molar-refractivity contribution < 1.29 is 9.59 Å². The number of carbonyl (C=O) groups is 2. The second-order valence-corrected chi connectivity index (χ2v) is 8.72. The number of carbonyl (C=O) groups excluding carboxylic acids is 2. The molecule has 3 heterocycles. The first kappa shape index (κ1) is 24.1. The molecular formula is C24H31N9O2. The average molecular weight is 478 g/mol. The fourth-order valence-corrected chi connectivity index (χ4v) is 3.89. The van der Waals surface area contributed by atoms with E-state index in [4.69, 9.17) is 5.73 Å². The molecule has 2 aromatic heterocycles. The number of primary amides is 1. The lowest BCUT2D eigenvalue weighted by atomic mass is 10.1. The van der Waals surface area contributed by atoms with Crippen LogP contribution in [0.5, 0.6) is 0 Å². The van der Waals surface area contributed by atoms with Crippen LogP contribution in [-0.4, -0.2) is 56.9 Å². The molecule has 2 amide bonds. The Labute approximate surface area is 204 Å². The van der Waals surface area contributed by atoms with Gasteiger partial charge in [0.1, 0.15) is 0 Å². The Balaban J connectivity index is 0.000000189. The zero-order valence-corrected chi connectivity index (χ0v) is 20.1. The van der Waals surface area contributed by atoms with Crippen molar-refractivity contribution in [3.05, 3.63) is 53.5 Å². The maximum atomic E-state index is 11.5. The molecule has 1 aromatic carbocycles. The smallest absolute Gasteiger partial charge is 0.273 e. The van der Waals surface area contributed by atoms with Gasteiger partial charge in [0.25, 0.3) is 11.8 Å². The molecule has 11 heteroatoms. The number of nitrogens with two attached hydrogens (primary N) is 1. The Hall–Kier alpha value is -4.02. The van der Waals surface area contributed by atoms with Gasteiger partial charge in [-0.3, -0.25) is 14.3 Å². The summed E-state index contributed by atoms with van der Waals surface area (Å²) in [6, 6.07) is 7.91. The Kier molecular flexibility index (Phi) is 7.54. The minimum atomic E-state index is -0.670. The topological polar surface area (TPSA) is 144 Å². The molecule has 0 radical (unpaired) electrons. The largest absolute Gasteiger partial charge is 0.364 e. The minimum Gasteiger partial charge on any atom is -0.364 e. The third-order valence-electron chi connectivity index (χ3n) is 5.96. The van der Waals surface area contributed by atoms with Gasteiger partial charge in [0, 0.05) is 38.9 Å². The van der Waals surface area contributed by atoms with E-state index < -0.39 is 5.91 Å². The molecule has 11 nitrogen and oxygen atoms in total. The Bertz CT molecular complexity index is 1170. The van der Waals surface area contributed by atoms with Crippen molar-refractivity contribution in [3.8, 4) is 0 Å². The monoisotopic (exact) mass is 477 g/mol. The predicted octanol–water partition coefficient (Wildman–Crippen LogP) is 2.36. The Morgan fingerprint density at radius 2 is 1.77 bits per heavy atom. The lowest BCUT2D eigenvalue weighted by Gasteiger charge is -2.26. The number of nitrogens with zero attached hydrogens (tertiary/aromatic N) is 6. The molecule has 4 N–H and O–H groups in total. The van der Waals surface area contributed by atoms with E-state index in [2.05, 4.69) is 47.9 Å². The molecule has 5 rings (SSSR count). The first-order chi connectivity index (χ1) is 16.9. The second-order valence-electron chi connectivity index (χ2n) is 8.72. The summed E-state index contributed by atoms with van der Waals surface area (Å²) < 4.78 is 1.65. The van der Waals surface area contributed by atoms with Crippen LogP contribution in [0.25, 0.3) is 0 Å². The van der Waals surface area contributed by atoms with Crippen LogP contribution >= 0.6 is 0 Å². The molecule has 1 aliphatic carbocycles. The van der Waals surface area contributed by atoms with E-state index in [0.29, 0.717) is 17.5 Å². The van der Waals surface area contributed by atoms with Gasteiger partial charge in [-0.1, -0.05) is 12.1 Å². The number of benzene rings is 1. The molecule has 2 aliphatic rings. The van der Waals surface area contributed by atoms with Crippen LogP contribution in [0.3, 0.4) is 0 Å². The second kappa shape index (κ2) is 10.9. The molecule has 3 aromatic rings. The van der Waals surface area contributed by atoms with Crippen LogP contribution in [-0.2, 0) is 7.05 Å². The number of aryl methyl sites for hydroxylation is 1. The Morgan fingerprint density at radius 3 is 2.34 bits per heavy atom. The number of aromatic nitrogens is 5. The molecule has 35 heavy (non-hydrogen) atoms. The number of amides is 2. The van der Waals surface area contributed by atoms with E-state index in [9.17, 15) is 9.59 Å². The van der Waals surface area contributed by atoms with E-state index in [1.165, 1.54) is 24.8 Å². The van der Waals surface area contributed by atoms with Crippen molar-refractivity contribution in [1.82, 2.24) is 30.3 Å². The van der Waals surface area contributed by atoms with Crippen LogP contribution in [0.1, 0.15) is 64.4 Å². The first-order valence-corrected chi connectivity index (χ1v) is 11.8. The molecular weight excluding hydrogens is 446 g/mol. The average Bonchev–Trinajstić information content (AvgIpc) is 3.66. The van der Waals surface area contributed by atoms with Crippen molar-refractivity contribution in [2.24, 2.45) is 12.8 Å². The van der Waals surface area contributed by atoms with Gasteiger partial charge in [-0.25, -0.2) is 0 Å². The van der Waals surface area contributed by atoms with Gasteiger partial charge >= 0.3 is 0 Å². The molecule has 1 saturated heterocycles. The summed E-state index contributed by atoms with van der Waals surface area (Å²) in [5.74, 6) is 0.893. The molecule has 0 atom stereocenters. The van der Waals surface area contributed by atoms with Crippen LogP contribution in [0.4, 0.5) is 17.5 Å². The SMILES string of the molecule is CNC(=O)c1ccc(C2CC2)cc1.Cn1cc(Nc2nc(N3CCCCC3)nnc2C(N)=O)cn1. The van der Waals surface area contributed by atoms with Gasteiger partial charge in [-0.2, -0.15) is 10.1 Å². The van der Waals surface area contributed by atoms with E-state index in [-0.39, 0.29) is 11.6 Å². The van der Waals surface area contributed by atoms with E-state index >= 15 is 0 Å². The quantitative estimate of drug-likeness (QED) is 0.491. The molecule has 1 aliphatic heterocycles. The number of piperidine rings is 1. The molecule has 1 saturated carbocycles. The first-order valence-electron chi connectivity index (χ1n) is 11.8. The maximum absolute atomic E-state index is 11.5. The lowest BCUT2D eigenvalue weighted by Crippen LogP contribution is -2.32. The maximum Gasteiger partial charge on any atom is 0.273 e. The zero-order chi connectivity index (χ0) is 24.8. The molecule has 0 unspecified atom stereocenters. The summed E-state index contributed by atoms with van der Waals surface area (Å²) in [7, 11) is 3.45. The normalized spacial score (nSPS) is 15.1. The summed E-state index contributed by atoms with van der Waals surface area (Å²) in [4.78, 5) is 29.2. The number of hydrogen-bond acceptors (Lipinski definition) is 8. The standard InChI is InChI=1S/C13H18N8O.C11H13NO/c1-20-8-9(7-15-20)16-12-10(11(14)22)18-19-13(17-12)21-5-3-2-4-6-21;1-12-11(13)10-6-4-9(5-7-10)8-2-3-8/h7-8H,2-6H2,1H3,(H2,14,22)(H,16,17,19);4-8H,2-3H2,1H3,(H,12,13). The molecule has 2 fully saturated rings. The predicted molar refractivity (Wildman–Crippen MR) is 133 cm³/mol. The van der Waals surface area contributed by atoms with Gasteiger partial charge in [-0.15, -0.1) is 10.2 Å². The number of hydrogen-bond donors (Lipinski definition) is 3. The van der Waals surface area contributed by atoms with Gasteiger partial charge in [0.05, 0.1) is 11.9 Å². The highest BCUT2D eigenvalue weighted by molar-refractivity contribution is 5.96. The summed E-state index contributed by atoms with van der Waals surface area (Å²) in [6.07, 6.45) is 9.43. The van der Waals surface area contributed by atoms with E-state index in [1.807, 2.05) is 12.1 Å².